The third kappa shape index (κ3) is 1.96. The fourth-order valence-corrected chi connectivity index (χ4v) is 3.61. The number of rotatable bonds is 0. The molecule has 1 aliphatic carbocycles. The average molecular weight is 408 g/mol. The highest BCUT2D eigenvalue weighted by Gasteiger charge is 2.41. The van der Waals surface area contributed by atoms with E-state index in [-0.39, 0.29) is 21.2 Å². The van der Waals surface area contributed by atoms with Crippen molar-refractivity contribution in [3.05, 3.63) is 47.9 Å². The number of fused-ring (bicyclic) bond motifs is 2. The molecule has 0 spiro atoms. The van der Waals surface area contributed by atoms with Crippen LogP contribution in [0.3, 0.4) is 0 Å². The summed E-state index contributed by atoms with van der Waals surface area (Å²) in [6.07, 6.45) is 0. The van der Waals surface area contributed by atoms with Gasteiger partial charge < -0.3 is 15.3 Å². The SMILES string of the molecule is Cc1c(Cl)c(O)c2c(c1Cl)C(=O)c1c(Cl)c(O)c(Cl)c(O)c1C2=O. The molecule has 2 aromatic carbocycles. The first kappa shape index (κ1) is 17.2. The summed E-state index contributed by atoms with van der Waals surface area (Å²) >= 11 is 23.7. The van der Waals surface area contributed by atoms with E-state index < -0.39 is 55.6 Å². The molecule has 9 heteroatoms. The van der Waals surface area contributed by atoms with Crippen molar-refractivity contribution in [2.45, 2.75) is 6.92 Å². The van der Waals surface area contributed by atoms with Gasteiger partial charge in [-0.15, -0.1) is 0 Å². The second-order valence-electron chi connectivity index (χ2n) is 5.08. The van der Waals surface area contributed by atoms with Crippen molar-refractivity contribution in [1.29, 1.82) is 0 Å². The van der Waals surface area contributed by atoms with Crippen LogP contribution in [0.5, 0.6) is 17.2 Å². The molecule has 5 nitrogen and oxygen atoms in total. The second-order valence-corrected chi connectivity index (χ2v) is 6.60. The zero-order chi connectivity index (χ0) is 18.1. The molecular formula is C15H6Cl4O5. The molecule has 1 aliphatic rings. The quantitative estimate of drug-likeness (QED) is 0.509. The van der Waals surface area contributed by atoms with Crippen LogP contribution >= 0.6 is 46.4 Å². The van der Waals surface area contributed by atoms with Crippen LogP contribution in [0.25, 0.3) is 0 Å². The molecule has 0 radical (unpaired) electrons. The molecule has 0 saturated carbocycles. The van der Waals surface area contributed by atoms with Gasteiger partial charge in [-0.1, -0.05) is 46.4 Å². The molecule has 0 fully saturated rings. The largest absolute Gasteiger partial charge is 0.506 e. The molecular weight excluding hydrogens is 402 g/mol. The van der Waals surface area contributed by atoms with E-state index in [0.29, 0.717) is 0 Å². The summed E-state index contributed by atoms with van der Waals surface area (Å²) < 4.78 is 0. The number of hydrogen-bond acceptors (Lipinski definition) is 5. The Kier molecular flexibility index (Phi) is 3.88. The van der Waals surface area contributed by atoms with Crippen LogP contribution in [-0.2, 0) is 0 Å². The van der Waals surface area contributed by atoms with E-state index >= 15 is 0 Å². The minimum atomic E-state index is -0.942. The lowest BCUT2D eigenvalue weighted by Crippen LogP contribution is -2.23. The third-order valence-electron chi connectivity index (χ3n) is 3.81. The van der Waals surface area contributed by atoms with Crippen LogP contribution in [0, 0.1) is 6.92 Å². The monoisotopic (exact) mass is 406 g/mol. The molecule has 2 aromatic rings. The smallest absolute Gasteiger partial charge is 0.202 e. The topological polar surface area (TPSA) is 94.8 Å². The van der Waals surface area contributed by atoms with Gasteiger partial charge in [0.2, 0.25) is 5.78 Å². The number of hydrogen-bond donors (Lipinski definition) is 3. The van der Waals surface area contributed by atoms with E-state index in [1.807, 2.05) is 0 Å². The highest BCUT2D eigenvalue weighted by Crippen LogP contribution is 2.51. The molecule has 0 atom stereocenters. The van der Waals surface area contributed by atoms with Gasteiger partial charge >= 0.3 is 0 Å². The number of aromatic hydroxyl groups is 3. The zero-order valence-electron chi connectivity index (χ0n) is 11.7. The van der Waals surface area contributed by atoms with Gasteiger partial charge in [0, 0.05) is 0 Å². The number of carbonyl (C=O) groups excluding carboxylic acids is 2. The first-order valence-corrected chi connectivity index (χ1v) is 7.85. The Labute approximate surface area is 154 Å². The molecule has 3 N–H and O–H groups in total. The Bertz CT molecular complexity index is 828. The van der Waals surface area contributed by atoms with E-state index in [0.717, 1.165) is 0 Å². The molecule has 0 aliphatic heterocycles. The van der Waals surface area contributed by atoms with Crippen molar-refractivity contribution in [3.63, 3.8) is 0 Å². The predicted molar refractivity (Wildman–Crippen MR) is 89.5 cm³/mol. The lowest BCUT2D eigenvalue weighted by Gasteiger charge is -2.23. The van der Waals surface area contributed by atoms with Crippen molar-refractivity contribution < 1.29 is 24.9 Å². The first-order valence-electron chi connectivity index (χ1n) is 6.33. The van der Waals surface area contributed by atoms with Gasteiger partial charge in [-0.25, -0.2) is 0 Å². The average Bonchev–Trinajstić information content (AvgIpc) is 2.55. The molecule has 0 bridgehead atoms. The molecule has 0 saturated heterocycles. The number of halogens is 4. The summed E-state index contributed by atoms with van der Waals surface area (Å²) in [4.78, 5) is 25.5. The number of carbonyl (C=O) groups is 2. The Morgan fingerprint density at radius 1 is 0.583 bits per heavy atom. The van der Waals surface area contributed by atoms with E-state index in [1.54, 1.807) is 0 Å². The van der Waals surface area contributed by atoms with E-state index in [4.69, 9.17) is 46.4 Å². The summed E-state index contributed by atoms with van der Waals surface area (Å²) in [5, 5.41) is 28.7. The van der Waals surface area contributed by atoms with Crippen molar-refractivity contribution in [2.75, 3.05) is 0 Å². The zero-order valence-corrected chi connectivity index (χ0v) is 14.7. The van der Waals surface area contributed by atoms with Gasteiger partial charge in [0.15, 0.2) is 11.5 Å². The van der Waals surface area contributed by atoms with Crippen LogP contribution in [0.2, 0.25) is 20.1 Å². The van der Waals surface area contributed by atoms with Gasteiger partial charge in [0.25, 0.3) is 0 Å². The van der Waals surface area contributed by atoms with Crippen LogP contribution in [0.4, 0.5) is 0 Å². The standard InChI is InChI=1S/C15H6Cl4O5/c1-2-7(16)3-5(13(22)8(2)17)12(21)6-4(11(3)20)9(18)15(24)10(19)14(6)23/h22-24H,1H3. The molecule has 0 heterocycles. The maximum absolute atomic E-state index is 12.8. The maximum Gasteiger partial charge on any atom is 0.202 e. The van der Waals surface area contributed by atoms with Crippen molar-refractivity contribution in [3.8, 4) is 17.2 Å². The minimum absolute atomic E-state index is 0.137. The summed E-state index contributed by atoms with van der Waals surface area (Å²) in [6.45, 7) is 1.45. The van der Waals surface area contributed by atoms with Crippen molar-refractivity contribution >= 4 is 58.0 Å². The Balaban J connectivity index is 2.53. The summed E-state index contributed by atoms with van der Waals surface area (Å²) in [5.74, 6) is -4.01. The lowest BCUT2D eigenvalue weighted by atomic mass is 9.82. The van der Waals surface area contributed by atoms with E-state index in [9.17, 15) is 24.9 Å². The minimum Gasteiger partial charge on any atom is -0.506 e. The normalized spacial score (nSPS) is 13.0. The van der Waals surface area contributed by atoms with Crippen LogP contribution in [0.15, 0.2) is 0 Å². The maximum atomic E-state index is 12.8. The molecule has 0 amide bonds. The van der Waals surface area contributed by atoms with Crippen LogP contribution < -0.4 is 0 Å². The summed E-state index contributed by atoms with van der Waals surface area (Å²) in [6, 6.07) is 0. The van der Waals surface area contributed by atoms with Crippen molar-refractivity contribution in [1.82, 2.24) is 0 Å². The second kappa shape index (κ2) is 5.43. The van der Waals surface area contributed by atoms with Crippen molar-refractivity contribution in [2.24, 2.45) is 0 Å². The van der Waals surface area contributed by atoms with E-state index in [1.165, 1.54) is 6.92 Å². The van der Waals surface area contributed by atoms with Gasteiger partial charge in [0.1, 0.15) is 16.5 Å². The number of benzene rings is 2. The molecule has 124 valence electrons. The highest BCUT2D eigenvalue weighted by atomic mass is 35.5. The Morgan fingerprint density at radius 3 is 1.54 bits per heavy atom. The van der Waals surface area contributed by atoms with Crippen LogP contribution in [0.1, 0.15) is 37.4 Å². The molecule has 24 heavy (non-hydrogen) atoms. The summed E-state index contributed by atoms with van der Waals surface area (Å²) in [5.41, 5.74) is -1.56. The van der Waals surface area contributed by atoms with Crippen LogP contribution in [-0.4, -0.2) is 26.9 Å². The van der Waals surface area contributed by atoms with Gasteiger partial charge in [-0.05, 0) is 12.5 Å². The molecule has 0 unspecified atom stereocenters. The first-order chi connectivity index (χ1) is 11.1. The fourth-order valence-electron chi connectivity index (χ4n) is 2.58. The number of phenols is 3. The lowest BCUT2D eigenvalue weighted by molar-refractivity contribution is 0.0974. The van der Waals surface area contributed by atoms with E-state index in [2.05, 4.69) is 0 Å². The van der Waals surface area contributed by atoms with Gasteiger partial charge in [-0.2, -0.15) is 0 Å². The molecule has 3 rings (SSSR count). The Hall–Kier alpha value is -1.66. The summed E-state index contributed by atoms with van der Waals surface area (Å²) in [7, 11) is 0. The van der Waals surface area contributed by atoms with Gasteiger partial charge in [-0.3, -0.25) is 9.59 Å². The fraction of sp³-hybridized carbons (Fsp3) is 0.0667. The predicted octanol–water partition coefficient (Wildman–Crippen LogP) is 4.50. The Morgan fingerprint density at radius 2 is 1.00 bits per heavy atom. The number of ketones is 2. The number of phenolic OH excluding ortho intramolecular Hbond substituents is 3. The van der Waals surface area contributed by atoms with Gasteiger partial charge in [0.05, 0.1) is 37.3 Å². The molecule has 0 aromatic heterocycles. The highest BCUT2D eigenvalue weighted by molar-refractivity contribution is 6.47. The third-order valence-corrected chi connectivity index (χ3v) is 5.47.